The highest BCUT2D eigenvalue weighted by atomic mass is 16.5. The molecule has 2 heterocycles. The highest BCUT2D eigenvalue weighted by Gasteiger charge is 2.32. The number of amides is 1. The molecule has 2 saturated heterocycles. The van der Waals surface area contributed by atoms with Gasteiger partial charge in [-0.2, -0.15) is 0 Å². The Morgan fingerprint density at radius 1 is 1.21 bits per heavy atom. The molecule has 9 nitrogen and oxygen atoms in total. The summed E-state index contributed by atoms with van der Waals surface area (Å²) in [5.41, 5.74) is 7.00. The smallest absolute Gasteiger partial charge is 0.319 e. The first kappa shape index (κ1) is 20.1. The quantitative estimate of drug-likeness (QED) is 0.241. The Hall–Kier alpha value is -2.65. The second-order valence-electron chi connectivity index (χ2n) is 7.13. The van der Waals surface area contributed by atoms with E-state index in [0.717, 1.165) is 38.2 Å². The summed E-state index contributed by atoms with van der Waals surface area (Å²) in [5.74, 6) is -0.0960. The normalized spacial score (nSPS) is 20.4. The van der Waals surface area contributed by atoms with Gasteiger partial charge in [-0.3, -0.25) is 19.4 Å². The van der Waals surface area contributed by atoms with Crippen LogP contribution in [0.1, 0.15) is 18.4 Å². The number of carbonyl (C=O) groups excluding carboxylic acids is 2. The first-order chi connectivity index (χ1) is 13.5. The van der Waals surface area contributed by atoms with Crippen LogP contribution in [0.4, 0.5) is 5.69 Å². The molecule has 1 aromatic rings. The van der Waals surface area contributed by atoms with Crippen LogP contribution in [0.25, 0.3) is 0 Å². The van der Waals surface area contributed by atoms with Crippen LogP contribution in [-0.2, 0) is 14.3 Å². The van der Waals surface area contributed by atoms with Gasteiger partial charge in [0.1, 0.15) is 0 Å². The molecule has 1 aromatic carbocycles. The molecule has 2 aliphatic rings. The molecule has 0 bridgehead atoms. The summed E-state index contributed by atoms with van der Waals surface area (Å²) in [4.78, 5) is 30.2. The maximum absolute atomic E-state index is 12.7. The van der Waals surface area contributed by atoms with Crippen LogP contribution in [0.3, 0.4) is 0 Å². The molecule has 2 fully saturated rings. The van der Waals surface area contributed by atoms with Crippen LogP contribution >= 0.6 is 0 Å². The molecule has 3 rings (SSSR count). The second kappa shape index (κ2) is 9.03. The predicted molar refractivity (Wildman–Crippen MR) is 104 cm³/mol. The number of nitrogens with two attached hydrogens (primary N) is 1. The molecule has 0 saturated carbocycles. The molecule has 2 aliphatic heterocycles. The lowest BCUT2D eigenvalue weighted by Gasteiger charge is -2.42. The van der Waals surface area contributed by atoms with Crippen LogP contribution in [0, 0.1) is 0 Å². The minimum Gasteiger partial charge on any atom is -0.468 e. The zero-order valence-electron chi connectivity index (χ0n) is 16.1. The van der Waals surface area contributed by atoms with E-state index in [2.05, 4.69) is 15.0 Å². The Kier molecular flexibility index (Phi) is 6.48. The van der Waals surface area contributed by atoms with E-state index in [9.17, 15) is 9.59 Å². The van der Waals surface area contributed by atoms with Gasteiger partial charge in [-0.05, 0) is 37.1 Å². The van der Waals surface area contributed by atoms with Gasteiger partial charge in [0.05, 0.1) is 20.2 Å². The van der Waals surface area contributed by atoms with E-state index in [1.165, 1.54) is 7.11 Å². The first-order valence-corrected chi connectivity index (χ1v) is 9.43. The molecule has 3 N–H and O–H groups in total. The number of benzene rings is 1. The zero-order chi connectivity index (χ0) is 20.1. The van der Waals surface area contributed by atoms with Gasteiger partial charge in [-0.1, -0.05) is 5.16 Å². The number of ether oxygens (including phenoxy) is 1. The average Bonchev–Trinajstić information content (AvgIpc) is 2.73. The molecular formula is C19H27N5O4. The van der Waals surface area contributed by atoms with Crippen molar-refractivity contribution in [2.75, 3.05) is 51.3 Å². The van der Waals surface area contributed by atoms with Crippen molar-refractivity contribution in [2.24, 2.45) is 10.9 Å². The number of hydrogen-bond acceptors (Lipinski definition) is 7. The van der Waals surface area contributed by atoms with Crippen molar-refractivity contribution in [3.63, 3.8) is 0 Å². The number of amidine groups is 1. The Bertz CT molecular complexity index is 728. The zero-order valence-corrected chi connectivity index (χ0v) is 16.1. The number of esters is 1. The number of hydrogen-bond donors (Lipinski definition) is 2. The SMILES string of the molecule is COC(=O)CN1CCC(N2CCN(c3ccc(C(N)=NO)cc3)C(=O)C2)CC1. The van der Waals surface area contributed by atoms with E-state index < -0.39 is 0 Å². The largest absolute Gasteiger partial charge is 0.468 e. The molecule has 0 spiro atoms. The van der Waals surface area contributed by atoms with Crippen LogP contribution < -0.4 is 10.6 Å². The number of rotatable bonds is 5. The molecule has 152 valence electrons. The van der Waals surface area contributed by atoms with Gasteiger partial charge in [0.2, 0.25) is 5.91 Å². The summed E-state index contributed by atoms with van der Waals surface area (Å²) >= 11 is 0. The van der Waals surface area contributed by atoms with E-state index in [1.54, 1.807) is 17.0 Å². The molecule has 0 radical (unpaired) electrons. The van der Waals surface area contributed by atoms with Crippen LogP contribution in [-0.4, -0.2) is 85.1 Å². The van der Waals surface area contributed by atoms with Crippen molar-refractivity contribution >= 4 is 23.4 Å². The van der Waals surface area contributed by atoms with Crippen molar-refractivity contribution in [3.8, 4) is 0 Å². The fourth-order valence-corrected chi connectivity index (χ4v) is 3.84. The Balaban J connectivity index is 1.53. The third kappa shape index (κ3) is 4.60. The summed E-state index contributed by atoms with van der Waals surface area (Å²) < 4.78 is 4.72. The van der Waals surface area contributed by atoms with Crippen LogP contribution in [0.15, 0.2) is 29.4 Å². The Labute approximate surface area is 164 Å². The number of nitrogens with zero attached hydrogens (tertiary/aromatic N) is 4. The fraction of sp³-hybridized carbons (Fsp3) is 0.526. The molecule has 0 aromatic heterocycles. The van der Waals surface area contributed by atoms with Crippen molar-refractivity contribution < 1.29 is 19.5 Å². The van der Waals surface area contributed by atoms with E-state index in [4.69, 9.17) is 15.7 Å². The van der Waals surface area contributed by atoms with Gasteiger partial charge in [-0.15, -0.1) is 0 Å². The minimum absolute atomic E-state index is 0.0428. The number of piperazine rings is 1. The van der Waals surface area contributed by atoms with Gasteiger partial charge in [0.15, 0.2) is 5.84 Å². The van der Waals surface area contributed by atoms with Gasteiger partial charge < -0.3 is 20.6 Å². The van der Waals surface area contributed by atoms with Gasteiger partial charge in [0.25, 0.3) is 0 Å². The number of carbonyl (C=O) groups is 2. The lowest BCUT2D eigenvalue weighted by Crippen LogP contribution is -2.56. The topological polar surface area (TPSA) is 112 Å². The molecular weight excluding hydrogens is 362 g/mol. The van der Waals surface area contributed by atoms with Crippen molar-refractivity contribution in [2.45, 2.75) is 18.9 Å². The van der Waals surface area contributed by atoms with E-state index >= 15 is 0 Å². The summed E-state index contributed by atoms with van der Waals surface area (Å²) in [6, 6.07) is 7.46. The maximum atomic E-state index is 12.7. The van der Waals surface area contributed by atoms with Crippen molar-refractivity contribution in [1.82, 2.24) is 9.80 Å². The third-order valence-electron chi connectivity index (χ3n) is 5.49. The van der Waals surface area contributed by atoms with E-state index in [-0.39, 0.29) is 17.7 Å². The molecule has 0 unspecified atom stereocenters. The Morgan fingerprint density at radius 2 is 1.89 bits per heavy atom. The van der Waals surface area contributed by atoms with E-state index in [0.29, 0.717) is 31.2 Å². The fourth-order valence-electron chi connectivity index (χ4n) is 3.84. The van der Waals surface area contributed by atoms with Crippen LogP contribution in [0.2, 0.25) is 0 Å². The van der Waals surface area contributed by atoms with Crippen LogP contribution in [0.5, 0.6) is 0 Å². The number of likely N-dealkylation sites (tertiary alicyclic amines) is 1. The molecule has 0 aliphatic carbocycles. The van der Waals surface area contributed by atoms with Gasteiger partial charge in [0, 0.05) is 43.5 Å². The third-order valence-corrected chi connectivity index (χ3v) is 5.49. The monoisotopic (exact) mass is 389 g/mol. The van der Waals surface area contributed by atoms with Gasteiger partial charge in [-0.25, -0.2) is 0 Å². The highest BCUT2D eigenvalue weighted by molar-refractivity contribution is 5.99. The average molecular weight is 389 g/mol. The van der Waals surface area contributed by atoms with Crippen molar-refractivity contribution in [1.29, 1.82) is 0 Å². The number of anilines is 1. The maximum Gasteiger partial charge on any atom is 0.319 e. The summed E-state index contributed by atoms with van der Waals surface area (Å²) in [7, 11) is 1.41. The summed E-state index contributed by atoms with van der Waals surface area (Å²) in [6.45, 7) is 3.84. The summed E-state index contributed by atoms with van der Waals surface area (Å²) in [5, 5.41) is 11.7. The molecule has 1 amide bonds. The standard InChI is InChI=1S/C19H27N5O4/c1-28-18(26)13-22-8-6-15(7-9-22)23-10-11-24(17(25)12-23)16-4-2-14(3-5-16)19(20)21-27/h2-5,15,27H,6-13H2,1H3,(H2,20,21). The lowest BCUT2D eigenvalue weighted by molar-refractivity contribution is -0.142. The van der Waals surface area contributed by atoms with Gasteiger partial charge >= 0.3 is 5.97 Å². The minimum atomic E-state index is -0.208. The predicted octanol–water partition coefficient (Wildman–Crippen LogP) is 0.0671. The number of oxime groups is 1. The summed E-state index contributed by atoms with van der Waals surface area (Å²) in [6.07, 6.45) is 1.89. The lowest BCUT2D eigenvalue weighted by atomic mass is 10.0. The van der Waals surface area contributed by atoms with Crippen molar-refractivity contribution in [3.05, 3.63) is 29.8 Å². The van der Waals surface area contributed by atoms with E-state index in [1.807, 2.05) is 12.1 Å². The molecule has 9 heteroatoms. The first-order valence-electron chi connectivity index (χ1n) is 9.43. The highest BCUT2D eigenvalue weighted by Crippen LogP contribution is 2.22. The number of piperidine rings is 1. The second-order valence-corrected chi connectivity index (χ2v) is 7.13. The Morgan fingerprint density at radius 3 is 2.46 bits per heavy atom. The number of methoxy groups -OCH3 is 1. The molecule has 28 heavy (non-hydrogen) atoms. The molecule has 0 atom stereocenters.